The highest BCUT2D eigenvalue weighted by molar-refractivity contribution is 5.28. The molecule has 0 bridgehead atoms. The van der Waals surface area contributed by atoms with Crippen LogP contribution in [0.1, 0.15) is 30.1 Å². The van der Waals surface area contributed by atoms with Gasteiger partial charge in [0.2, 0.25) is 0 Å². The number of benzene rings is 1. The van der Waals surface area contributed by atoms with Gasteiger partial charge in [0.15, 0.2) is 0 Å². The number of nitrogens with one attached hydrogen (secondary N) is 1. The van der Waals surface area contributed by atoms with E-state index >= 15 is 0 Å². The van der Waals surface area contributed by atoms with Crippen LogP contribution in [-0.2, 0) is 13.0 Å². The fourth-order valence-corrected chi connectivity index (χ4v) is 1.98. The molecule has 0 fully saturated rings. The smallest absolute Gasteiger partial charge is 0.118 e. The van der Waals surface area contributed by atoms with Crippen LogP contribution >= 0.6 is 0 Å². The minimum absolute atomic E-state index is 0.481. The molecule has 1 unspecified atom stereocenters. The van der Waals surface area contributed by atoms with E-state index in [1.807, 2.05) is 36.4 Å². The first-order chi connectivity index (χ1) is 9.72. The molecule has 20 heavy (non-hydrogen) atoms. The third-order valence-corrected chi connectivity index (χ3v) is 3.20. The molecule has 0 saturated carbocycles. The predicted molar refractivity (Wildman–Crippen MR) is 77.7 cm³/mol. The zero-order chi connectivity index (χ0) is 14.4. The highest BCUT2D eigenvalue weighted by atomic mass is 16.5. The van der Waals surface area contributed by atoms with Crippen molar-refractivity contribution in [1.82, 2.24) is 5.32 Å². The molecule has 2 aromatic rings. The first-order valence-electron chi connectivity index (χ1n) is 6.83. The quantitative estimate of drug-likeness (QED) is 0.815. The van der Waals surface area contributed by atoms with Crippen molar-refractivity contribution in [3.63, 3.8) is 0 Å². The number of aryl methyl sites for hydroxylation is 1. The van der Waals surface area contributed by atoms with Crippen LogP contribution in [0, 0.1) is 0 Å². The third kappa shape index (κ3) is 3.85. The molecule has 4 heteroatoms. The molecule has 4 nitrogen and oxygen atoms in total. The Hall–Kier alpha value is -1.78. The van der Waals surface area contributed by atoms with Gasteiger partial charge in [-0.05, 0) is 29.8 Å². The van der Waals surface area contributed by atoms with Crippen LogP contribution in [-0.4, -0.2) is 18.8 Å². The van der Waals surface area contributed by atoms with Gasteiger partial charge in [0, 0.05) is 13.0 Å². The molecule has 0 amide bonds. The molecule has 1 atom stereocenters. The largest absolute Gasteiger partial charge is 0.497 e. The number of rotatable bonds is 7. The van der Waals surface area contributed by atoms with Crippen molar-refractivity contribution in [2.24, 2.45) is 0 Å². The summed E-state index contributed by atoms with van der Waals surface area (Å²) in [5.74, 6) is 2.66. The summed E-state index contributed by atoms with van der Waals surface area (Å²) < 4.78 is 10.7. The Kier molecular flexibility index (Phi) is 5.21. The van der Waals surface area contributed by atoms with Gasteiger partial charge in [-0.2, -0.15) is 0 Å². The summed E-state index contributed by atoms with van der Waals surface area (Å²) in [4.78, 5) is 0. The van der Waals surface area contributed by atoms with Gasteiger partial charge in [-0.1, -0.05) is 19.1 Å². The van der Waals surface area contributed by atoms with E-state index in [1.165, 1.54) is 0 Å². The summed E-state index contributed by atoms with van der Waals surface area (Å²) in [6.45, 7) is 3.16. The van der Waals surface area contributed by atoms with Crippen molar-refractivity contribution in [2.45, 2.75) is 26.0 Å². The Morgan fingerprint density at radius 1 is 1.15 bits per heavy atom. The van der Waals surface area contributed by atoms with Crippen LogP contribution in [0.3, 0.4) is 0 Å². The van der Waals surface area contributed by atoms with E-state index in [0.29, 0.717) is 13.1 Å². The lowest BCUT2D eigenvalue weighted by molar-refractivity contribution is 0.173. The highest BCUT2D eigenvalue weighted by Gasteiger charge is 2.08. The van der Waals surface area contributed by atoms with Gasteiger partial charge in [-0.3, -0.25) is 0 Å². The van der Waals surface area contributed by atoms with Crippen LogP contribution in [0.15, 0.2) is 40.8 Å². The summed E-state index contributed by atoms with van der Waals surface area (Å²) in [7, 11) is 1.63. The molecule has 1 heterocycles. The van der Waals surface area contributed by atoms with E-state index in [0.717, 1.165) is 29.3 Å². The normalized spacial score (nSPS) is 12.3. The van der Waals surface area contributed by atoms with Gasteiger partial charge in [-0.25, -0.2) is 0 Å². The predicted octanol–water partition coefficient (Wildman–Crippen LogP) is 2.67. The molecule has 0 spiro atoms. The summed E-state index contributed by atoms with van der Waals surface area (Å²) in [5, 5.41) is 13.3. The van der Waals surface area contributed by atoms with Gasteiger partial charge in [0.05, 0.1) is 19.8 Å². The first-order valence-corrected chi connectivity index (χ1v) is 6.83. The van der Waals surface area contributed by atoms with Crippen LogP contribution in [0.4, 0.5) is 0 Å². The Labute approximate surface area is 119 Å². The Bertz CT molecular complexity index is 519. The van der Waals surface area contributed by atoms with Crippen molar-refractivity contribution in [3.05, 3.63) is 53.5 Å². The van der Waals surface area contributed by atoms with Crippen molar-refractivity contribution in [2.75, 3.05) is 13.7 Å². The van der Waals surface area contributed by atoms with E-state index in [4.69, 9.17) is 9.15 Å². The number of aliphatic hydroxyl groups excluding tert-OH is 1. The summed E-state index contributed by atoms with van der Waals surface area (Å²) >= 11 is 0. The van der Waals surface area contributed by atoms with Crippen LogP contribution in [0.5, 0.6) is 5.75 Å². The molecule has 2 rings (SSSR count). The number of furan rings is 1. The lowest BCUT2D eigenvalue weighted by Crippen LogP contribution is -2.20. The molecule has 0 radical (unpaired) electrons. The highest BCUT2D eigenvalue weighted by Crippen LogP contribution is 2.17. The van der Waals surface area contributed by atoms with Crippen molar-refractivity contribution < 1.29 is 14.3 Å². The second-order valence-electron chi connectivity index (χ2n) is 4.64. The minimum atomic E-state index is -0.540. The zero-order valence-corrected chi connectivity index (χ0v) is 11.9. The SMILES string of the molecule is CCc1ccc(CNCC(O)c2ccc(OC)cc2)o1. The van der Waals surface area contributed by atoms with Crippen LogP contribution in [0.25, 0.3) is 0 Å². The van der Waals surface area contributed by atoms with Gasteiger partial charge >= 0.3 is 0 Å². The maximum absolute atomic E-state index is 10.1. The summed E-state index contributed by atoms with van der Waals surface area (Å²) in [5.41, 5.74) is 0.868. The third-order valence-electron chi connectivity index (χ3n) is 3.20. The van der Waals surface area contributed by atoms with Crippen LogP contribution < -0.4 is 10.1 Å². The Balaban J connectivity index is 1.80. The van der Waals surface area contributed by atoms with E-state index in [9.17, 15) is 5.11 Å². The first kappa shape index (κ1) is 14.6. The van der Waals surface area contributed by atoms with E-state index in [2.05, 4.69) is 12.2 Å². The molecule has 108 valence electrons. The average Bonchev–Trinajstić information content (AvgIpc) is 2.95. The molecule has 0 aliphatic rings. The Morgan fingerprint density at radius 2 is 1.85 bits per heavy atom. The van der Waals surface area contributed by atoms with Crippen molar-refractivity contribution in [1.29, 1.82) is 0 Å². The fourth-order valence-electron chi connectivity index (χ4n) is 1.98. The standard InChI is InChI=1S/C16H21NO3/c1-3-13-8-9-15(20-13)10-17-11-16(18)12-4-6-14(19-2)7-5-12/h4-9,16-18H,3,10-11H2,1-2H3. The van der Waals surface area contributed by atoms with Crippen molar-refractivity contribution >= 4 is 0 Å². The average molecular weight is 275 g/mol. The number of hydrogen-bond donors (Lipinski definition) is 2. The molecule has 2 N–H and O–H groups in total. The number of ether oxygens (including phenoxy) is 1. The minimum Gasteiger partial charge on any atom is -0.497 e. The molecule has 1 aromatic carbocycles. The maximum Gasteiger partial charge on any atom is 0.118 e. The van der Waals surface area contributed by atoms with E-state index < -0.39 is 6.10 Å². The zero-order valence-electron chi connectivity index (χ0n) is 11.9. The van der Waals surface area contributed by atoms with Crippen molar-refractivity contribution in [3.8, 4) is 5.75 Å². The molecule has 0 saturated heterocycles. The van der Waals surface area contributed by atoms with Gasteiger partial charge in [0.1, 0.15) is 17.3 Å². The molecule has 0 aliphatic heterocycles. The summed E-state index contributed by atoms with van der Waals surface area (Å²) in [6.07, 6.45) is 0.357. The number of methoxy groups -OCH3 is 1. The van der Waals surface area contributed by atoms with Gasteiger partial charge in [-0.15, -0.1) is 0 Å². The summed E-state index contributed by atoms with van der Waals surface area (Å²) in [6, 6.07) is 11.4. The topological polar surface area (TPSA) is 54.6 Å². The molecular weight excluding hydrogens is 254 g/mol. The van der Waals surface area contributed by atoms with E-state index in [1.54, 1.807) is 7.11 Å². The maximum atomic E-state index is 10.1. The second-order valence-corrected chi connectivity index (χ2v) is 4.64. The fraction of sp³-hybridized carbons (Fsp3) is 0.375. The monoisotopic (exact) mass is 275 g/mol. The molecule has 1 aromatic heterocycles. The number of hydrogen-bond acceptors (Lipinski definition) is 4. The van der Waals surface area contributed by atoms with Crippen LogP contribution in [0.2, 0.25) is 0 Å². The van der Waals surface area contributed by atoms with E-state index in [-0.39, 0.29) is 0 Å². The molecule has 0 aliphatic carbocycles. The Morgan fingerprint density at radius 3 is 2.45 bits per heavy atom. The lowest BCUT2D eigenvalue weighted by atomic mass is 10.1. The number of aliphatic hydroxyl groups is 1. The lowest BCUT2D eigenvalue weighted by Gasteiger charge is -2.12. The molecular formula is C16H21NO3. The van der Waals surface area contributed by atoms with Gasteiger partial charge in [0.25, 0.3) is 0 Å². The second kappa shape index (κ2) is 7.12. The van der Waals surface area contributed by atoms with Gasteiger partial charge < -0.3 is 19.6 Å².